The summed E-state index contributed by atoms with van der Waals surface area (Å²) < 4.78 is 16.7. The van der Waals surface area contributed by atoms with Gasteiger partial charge in [-0.15, -0.1) is 0 Å². The molecule has 0 saturated carbocycles. The fourth-order valence-electron chi connectivity index (χ4n) is 6.70. The second-order valence-electron chi connectivity index (χ2n) is 17.1. The average molecular weight is 901 g/mol. The highest BCUT2D eigenvalue weighted by atomic mass is 16.6. The molecule has 0 saturated heterocycles. The molecule has 0 aliphatic heterocycles. The zero-order valence-electron chi connectivity index (χ0n) is 42.0. The Morgan fingerprint density at radius 2 is 0.569 bits per heavy atom. The fourth-order valence-corrected chi connectivity index (χ4v) is 6.70. The van der Waals surface area contributed by atoms with Crippen molar-refractivity contribution in [3.05, 3.63) is 109 Å². The molecule has 65 heavy (non-hydrogen) atoms. The Balaban J connectivity index is 4.58. The predicted octanol–water partition coefficient (Wildman–Crippen LogP) is 17.5. The van der Waals surface area contributed by atoms with Crippen molar-refractivity contribution >= 4 is 17.9 Å². The van der Waals surface area contributed by atoms with Crippen LogP contribution in [-0.2, 0) is 28.6 Å². The Labute approximate surface area is 400 Å². The van der Waals surface area contributed by atoms with Crippen LogP contribution in [0.5, 0.6) is 0 Å². The highest BCUT2D eigenvalue weighted by Crippen LogP contribution is 2.11. The maximum atomic E-state index is 12.8. The van der Waals surface area contributed by atoms with Crippen molar-refractivity contribution in [1.82, 2.24) is 0 Å². The molecule has 0 rings (SSSR count). The van der Waals surface area contributed by atoms with Crippen LogP contribution in [0.3, 0.4) is 0 Å². The zero-order valence-corrected chi connectivity index (χ0v) is 42.0. The Morgan fingerprint density at radius 3 is 0.938 bits per heavy atom. The molecular weight excluding hydrogens is 805 g/mol. The summed E-state index contributed by atoms with van der Waals surface area (Å²) in [5.74, 6) is -1.04. The van der Waals surface area contributed by atoms with Gasteiger partial charge in [-0.05, 0) is 128 Å². The number of hydrogen-bond donors (Lipinski definition) is 0. The largest absolute Gasteiger partial charge is 0.462 e. The first-order chi connectivity index (χ1) is 32.0. The van der Waals surface area contributed by atoms with Gasteiger partial charge in [0.25, 0.3) is 0 Å². The molecule has 6 nitrogen and oxygen atoms in total. The van der Waals surface area contributed by atoms with Gasteiger partial charge in [0.2, 0.25) is 0 Å². The van der Waals surface area contributed by atoms with Crippen molar-refractivity contribution in [2.24, 2.45) is 0 Å². The maximum absolute atomic E-state index is 12.8. The third-order valence-electron chi connectivity index (χ3n) is 10.7. The lowest BCUT2D eigenvalue weighted by atomic mass is 10.1. The van der Waals surface area contributed by atoms with Gasteiger partial charge >= 0.3 is 17.9 Å². The molecular formula is C59H96O6. The fraction of sp³-hybridized carbons (Fsp3) is 0.644. The van der Waals surface area contributed by atoms with E-state index in [2.05, 4.69) is 130 Å². The summed E-state index contributed by atoms with van der Waals surface area (Å²) in [7, 11) is 0. The van der Waals surface area contributed by atoms with Gasteiger partial charge in [0.15, 0.2) is 6.10 Å². The van der Waals surface area contributed by atoms with Crippen molar-refractivity contribution in [2.75, 3.05) is 13.2 Å². The second-order valence-corrected chi connectivity index (χ2v) is 17.1. The summed E-state index contributed by atoms with van der Waals surface area (Å²) >= 11 is 0. The highest BCUT2D eigenvalue weighted by Gasteiger charge is 2.19. The molecule has 0 heterocycles. The van der Waals surface area contributed by atoms with Crippen molar-refractivity contribution < 1.29 is 28.6 Å². The predicted molar refractivity (Wildman–Crippen MR) is 279 cm³/mol. The molecule has 0 N–H and O–H groups in total. The van der Waals surface area contributed by atoms with Crippen molar-refractivity contribution in [1.29, 1.82) is 0 Å². The van der Waals surface area contributed by atoms with Crippen LogP contribution >= 0.6 is 0 Å². The summed E-state index contributed by atoms with van der Waals surface area (Å²) in [6, 6.07) is 0. The van der Waals surface area contributed by atoms with Crippen molar-refractivity contribution in [3.8, 4) is 0 Å². The van der Waals surface area contributed by atoms with Crippen LogP contribution < -0.4 is 0 Å². The minimum atomic E-state index is -0.830. The molecule has 0 aliphatic rings. The van der Waals surface area contributed by atoms with Crippen LogP contribution in [0, 0.1) is 0 Å². The zero-order chi connectivity index (χ0) is 47.2. The number of ether oxygens (including phenoxy) is 3. The van der Waals surface area contributed by atoms with E-state index in [0.29, 0.717) is 25.7 Å². The van der Waals surface area contributed by atoms with Gasteiger partial charge in [0.05, 0.1) is 0 Å². The highest BCUT2D eigenvalue weighted by molar-refractivity contribution is 5.71. The summed E-state index contributed by atoms with van der Waals surface area (Å²) in [6.07, 6.45) is 70.7. The molecule has 0 aromatic carbocycles. The van der Waals surface area contributed by atoms with Crippen molar-refractivity contribution in [3.63, 3.8) is 0 Å². The van der Waals surface area contributed by atoms with Gasteiger partial charge in [-0.2, -0.15) is 0 Å². The number of hydrogen-bond acceptors (Lipinski definition) is 6. The molecule has 0 radical (unpaired) electrons. The lowest BCUT2D eigenvalue weighted by Crippen LogP contribution is -2.30. The van der Waals surface area contributed by atoms with E-state index < -0.39 is 6.10 Å². The molecule has 0 aromatic heterocycles. The first-order valence-electron chi connectivity index (χ1n) is 26.4. The van der Waals surface area contributed by atoms with E-state index >= 15 is 0 Å². The van der Waals surface area contributed by atoms with Gasteiger partial charge in [0.1, 0.15) is 13.2 Å². The number of esters is 3. The van der Waals surface area contributed by atoms with Gasteiger partial charge in [-0.25, -0.2) is 0 Å². The van der Waals surface area contributed by atoms with Crippen LogP contribution in [0.2, 0.25) is 0 Å². The third kappa shape index (κ3) is 50.9. The molecule has 368 valence electrons. The summed E-state index contributed by atoms with van der Waals surface area (Å²) in [6.45, 7) is 6.45. The standard InChI is InChI=1S/C59H96O6/c1-4-7-10-13-16-19-22-25-28-29-32-35-38-41-44-47-50-53-59(62)65-56(54-63-57(60)51-48-45-42-39-36-33-30-26-23-20-17-14-11-8-5-2)55-64-58(61)52-49-46-43-40-37-34-31-27-24-21-18-15-12-9-6-3/h16-21,25-28,30-32,35-36,39,41,44,56H,4-15,22-24,29,33-34,37-38,40,42-43,45-55H2,1-3H3/b19-16-,20-17-,21-18-,28-25-,30-26-,31-27-,35-32-,39-36-,44-41-/t56-/m1/s1. The summed E-state index contributed by atoms with van der Waals surface area (Å²) in [5.41, 5.74) is 0. The number of rotatable bonds is 46. The Bertz CT molecular complexity index is 1360. The van der Waals surface area contributed by atoms with Crippen LogP contribution in [0.25, 0.3) is 0 Å². The minimum Gasteiger partial charge on any atom is -0.462 e. The van der Waals surface area contributed by atoms with E-state index in [0.717, 1.165) is 96.3 Å². The van der Waals surface area contributed by atoms with E-state index in [9.17, 15) is 14.4 Å². The molecule has 0 fully saturated rings. The van der Waals surface area contributed by atoms with E-state index in [1.807, 2.05) is 0 Å². The van der Waals surface area contributed by atoms with Gasteiger partial charge in [-0.1, -0.05) is 188 Å². The van der Waals surface area contributed by atoms with E-state index in [1.165, 1.54) is 77.0 Å². The average Bonchev–Trinajstić information content (AvgIpc) is 3.30. The lowest BCUT2D eigenvalue weighted by molar-refractivity contribution is -0.167. The summed E-state index contributed by atoms with van der Waals surface area (Å²) in [5, 5.41) is 0. The molecule has 0 bridgehead atoms. The lowest BCUT2D eigenvalue weighted by Gasteiger charge is -2.18. The van der Waals surface area contributed by atoms with E-state index in [4.69, 9.17) is 14.2 Å². The normalized spacial score (nSPS) is 13.0. The first kappa shape index (κ1) is 61.1. The van der Waals surface area contributed by atoms with E-state index in [-0.39, 0.29) is 37.5 Å². The molecule has 6 heteroatoms. The molecule has 0 amide bonds. The van der Waals surface area contributed by atoms with Crippen LogP contribution in [0.15, 0.2) is 109 Å². The summed E-state index contributed by atoms with van der Waals surface area (Å²) in [4.78, 5) is 38.0. The number of unbranched alkanes of at least 4 members (excludes halogenated alkanes) is 17. The Morgan fingerprint density at radius 1 is 0.308 bits per heavy atom. The third-order valence-corrected chi connectivity index (χ3v) is 10.7. The molecule has 0 unspecified atom stereocenters. The van der Waals surface area contributed by atoms with Gasteiger partial charge in [-0.3, -0.25) is 14.4 Å². The second kappa shape index (κ2) is 52.7. The monoisotopic (exact) mass is 901 g/mol. The smallest absolute Gasteiger partial charge is 0.306 e. The van der Waals surface area contributed by atoms with Gasteiger partial charge in [0, 0.05) is 19.3 Å². The Hall–Kier alpha value is -3.93. The van der Waals surface area contributed by atoms with Crippen molar-refractivity contribution in [2.45, 2.75) is 232 Å². The minimum absolute atomic E-state index is 0.121. The molecule has 0 spiro atoms. The Kier molecular flexibility index (Phi) is 49.5. The number of carbonyl (C=O) groups excluding carboxylic acids is 3. The maximum Gasteiger partial charge on any atom is 0.306 e. The van der Waals surface area contributed by atoms with Crippen LogP contribution in [0.4, 0.5) is 0 Å². The quantitative estimate of drug-likeness (QED) is 0.0262. The van der Waals surface area contributed by atoms with Gasteiger partial charge < -0.3 is 14.2 Å². The number of allylic oxidation sites excluding steroid dienone is 18. The topological polar surface area (TPSA) is 78.9 Å². The van der Waals surface area contributed by atoms with Crippen LogP contribution in [0.1, 0.15) is 226 Å². The SMILES string of the molecule is CCCCC/C=C\C/C=C\C/C=C\C/C=C\CCCC(=O)O[C@H](COC(=O)CCCC/C=C\C/C=C\C/C=C\CCCCC)COC(=O)CCCCCCC/C=C\C/C=C\CCCCC. The first-order valence-corrected chi connectivity index (χ1v) is 26.4. The molecule has 0 aromatic rings. The van der Waals surface area contributed by atoms with Crippen LogP contribution in [-0.4, -0.2) is 37.2 Å². The van der Waals surface area contributed by atoms with E-state index in [1.54, 1.807) is 0 Å². The molecule has 1 atom stereocenters. The number of carbonyl (C=O) groups is 3. The molecule has 0 aliphatic carbocycles.